The normalized spacial score (nSPS) is 30.5. The van der Waals surface area contributed by atoms with Crippen LogP contribution in [0.2, 0.25) is 0 Å². The van der Waals surface area contributed by atoms with Gasteiger partial charge < -0.3 is 10.2 Å². The van der Waals surface area contributed by atoms with Crippen molar-refractivity contribution in [2.75, 3.05) is 0 Å². The van der Waals surface area contributed by atoms with E-state index >= 15 is 0 Å². The molecule has 128 valence electrons. The molecule has 3 rings (SSSR count). The topological polar surface area (TPSA) is 66.5 Å². The summed E-state index contributed by atoms with van der Waals surface area (Å²) in [6.07, 6.45) is 0.222. The van der Waals surface area contributed by atoms with Crippen molar-refractivity contribution in [1.29, 1.82) is 0 Å². The standard InChI is InChI=1S/C17H20N2O3S2/c1-16(2)12(13(21)23)19-14(22)17(3,15(19)24-16)18-11(20)9-10-7-5-4-6-8-10/h4-8,12,15H,9H2,1-3H3,(H,18,20)(H,21,23)/t12-,15+,17?/m0/s1. The van der Waals surface area contributed by atoms with Gasteiger partial charge in [-0.1, -0.05) is 30.3 Å². The van der Waals surface area contributed by atoms with E-state index in [0.29, 0.717) is 0 Å². The van der Waals surface area contributed by atoms with Crippen molar-refractivity contribution in [3.63, 3.8) is 0 Å². The molecular formula is C17H20N2O3S2. The molecule has 0 bridgehead atoms. The molecule has 2 aliphatic heterocycles. The van der Waals surface area contributed by atoms with Crippen molar-refractivity contribution >= 4 is 41.3 Å². The number of thiol groups is 1. The molecule has 2 heterocycles. The van der Waals surface area contributed by atoms with Crippen LogP contribution in [0.1, 0.15) is 26.3 Å². The number of carbonyl (C=O) groups is 3. The summed E-state index contributed by atoms with van der Waals surface area (Å²) < 4.78 is -0.429. The second kappa shape index (κ2) is 5.81. The molecule has 0 radical (unpaired) electrons. The highest BCUT2D eigenvalue weighted by Gasteiger charge is 2.69. The van der Waals surface area contributed by atoms with Gasteiger partial charge in [-0.15, -0.1) is 24.4 Å². The van der Waals surface area contributed by atoms with Crippen molar-refractivity contribution in [2.45, 2.75) is 48.9 Å². The lowest BCUT2D eigenvalue weighted by Gasteiger charge is -2.51. The van der Waals surface area contributed by atoms with Gasteiger partial charge in [-0.05, 0) is 26.3 Å². The summed E-state index contributed by atoms with van der Waals surface area (Å²) in [6.45, 7) is 5.58. The molecule has 1 aromatic carbocycles. The van der Waals surface area contributed by atoms with E-state index in [1.54, 1.807) is 11.8 Å². The fourth-order valence-electron chi connectivity index (χ4n) is 3.45. The summed E-state index contributed by atoms with van der Waals surface area (Å²) in [6, 6.07) is 8.82. The molecule has 2 saturated heterocycles. The monoisotopic (exact) mass is 364 g/mol. The largest absolute Gasteiger partial charge is 0.339 e. The minimum absolute atomic E-state index is 0.198. The third kappa shape index (κ3) is 2.63. The molecule has 0 aromatic heterocycles. The van der Waals surface area contributed by atoms with Gasteiger partial charge in [-0.2, -0.15) is 0 Å². The van der Waals surface area contributed by atoms with Crippen molar-refractivity contribution in [3.8, 4) is 0 Å². The predicted molar refractivity (Wildman–Crippen MR) is 96.8 cm³/mol. The molecule has 2 amide bonds. The number of benzene rings is 1. The van der Waals surface area contributed by atoms with Gasteiger partial charge in [0.15, 0.2) is 0 Å². The summed E-state index contributed by atoms with van der Waals surface area (Å²) in [5.41, 5.74) is -0.0868. The van der Waals surface area contributed by atoms with Gasteiger partial charge in [0.25, 0.3) is 5.91 Å². The number of fused-ring (bicyclic) bond motifs is 1. The van der Waals surface area contributed by atoms with E-state index in [4.69, 9.17) is 0 Å². The Bertz CT molecular complexity index is 707. The highest BCUT2D eigenvalue weighted by atomic mass is 32.2. The number of thioether (sulfide) groups is 1. The minimum atomic E-state index is -0.980. The maximum absolute atomic E-state index is 12.7. The Labute approximate surface area is 151 Å². The van der Waals surface area contributed by atoms with E-state index in [0.717, 1.165) is 5.56 Å². The molecule has 2 fully saturated rings. The first-order valence-corrected chi connectivity index (χ1v) is 9.08. The van der Waals surface area contributed by atoms with Crippen LogP contribution in [0.3, 0.4) is 0 Å². The Kier molecular flexibility index (Phi) is 4.20. The van der Waals surface area contributed by atoms with E-state index in [1.807, 2.05) is 44.2 Å². The van der Waals surface area contributed by atoms with Crippen LogP contribution in [0.4, 0.5) is 0 Å². The number of rotatable bonds is 4. The SMILES string of the molecule is CC1(C)S[C@H]2N(C(=O)C2(C)NC(=O)Cc2ccccc2)[C@H]1C(=O)S. The lowest BCUT2D eigenvalue weighted by atomic mass is 9.86. The zero-order valence-electron chi connectivity index (χ0n) is 13.8. The van der Waals surface area contributed by atoms with Crippen LogP contribution in [-0.4, -0.2) is 43.5 Å². The quantitative estimate of drug-likeness (QED) is 0.629. The molecule has 24 heavy (non-hydrogen) atoms. The molecule has 0 saturated carbocycles. The van der Waals surface area contributed by atoms with Crippen molar-refractivity contribution < 1.29 is 14.4 Å². The van der Waals surface area contributed by atoms with Crippen LogP contribution in [0.25, 0.3) is 0 Å². The van der Waals surface area contributed by atoms with Crippen LogP contribution >= 0.6 is 24.4 Å². The highest BCUT2D eigenvalue weighted by Crippen LogP contribution is 2.55. The number of amides is 2. The van der Waals surface area contributed by atoms with Crippen LogP contribution in [0.5, 0.6) is 0 Å². The molecule has 0 aliphatic carbocycles. The highest BCUT2D eigenvalue weighted by molar-refractivity contribution is 8.02. The average Bonchev–Trinajstić information content (AvgIpc) is 2.77. The van der Waals surface area contributed by atoms with Gasteiger partial charge in [0.2, 0.25) is 11.0 Å². The minimum Gasteiger partial charge on any atom is -0.339 e. The summed E-state index contributed by atoms with van der Waals surface area (Å²) in [5.74, 6) is -0.421. The number of nitrogens with zero attached hydrogens (tertiary/aromatic N) is 1. The summed E-state index contributed by atoms with van der Waals surface area (Å²) in [5, 5.41) is 2.30. The number of hydrogen-bond acceptors (Lipinski definition) is 4. The maximum atomic E-state index is 12.7. The fourth-order valence-corrected chi connectivity index (χ4v) is 5.64. The van der Waals surface area contributed by atoms with E-state index < -0.39 is 16.3 Å². The van der Waals surface area contributed by atoms with Gasteiger partial charge in [0.05, 0.1) is 6.42 Å². The maximum Gasteiger partial charge on any atom is 0.252 e. The zero-order valence-corrected chi connectivity index (χ0v) is 15.5. The molecule has 0 spiro atoms. The molecule has 7 heteroatoms. The van der Waals surface area contributed by atoms with Gasteiger partial charge in [0.1, 0.15) is 17.0 Å². The van der Waals surface area contributed by atoms with Crippen molar-refractivity contribution in [3.05, 3.63) is 35.9 Å². The Morgan fingerprint density at radius 3 is 2.46 bits per heavy atom. The van der Waals surface area contributed by atoms with Gasteiger partial charge >= 0.3 is 0 Å². The second-order valence-corrected chi connectivity index (χ2v) is 9.11. The average molecular weight is 364 g/mol. The molecule has 3 atom stereocenters. The van der Waals surface area contributed by atoms with Gasteiger partial charge in [0, 0.05) is 4.75 Å². The van der Waals surface area contributed by atoms with E-state index in [1.165, 1.54) is 11.8 Å². The molecule has 1 unspecified atom stereocenters. The Morgan fingerprint density at radius 1 is 1.25 bits per heavy atom. The van der Waals surface area contributed by atoms with Gasteiger partial charge in [-0.25, -0.2) is 0 Å². The third-order valence-electron chi connectivity index (χ3n) is 4.62. The lowest BCUT2D eigenvalue weighted by Crippen LogP contribution is -2.78. The van der Waals surface area contributed by atoms with Crippen LogP contribution < -0.4 is 5.32 Å². The molecule has 1 aromatic rings. The van der Waals surface area contributed by atoms with Crippen LogP contribution in [-0.2, 0) is 20.8 Å². The number of hydrogen-bond donors (Lipinski definition) is 2. The summed E-state index contributed by atoms with van der Waals surface area (Å²) in [4.78, 5) is 38.4. The Balaban J connectivity index is 1.75. The first kappa shape index (κ1) is 17.4. The molecule has 2 aliphatic rings. The molecule has 1 N–H and O–H groups in total. The summed E-state index contributed by atoms with van der Waals surface area (Å²) >= 11 is 5.47. The van der Waals surface area contributed by atoms with E-state index in [-0.39, 0.29) is 28.7 Å². The van der Waals surface area contributed by atoms with E-state index in [2.05, 4.69) is 17.9 Å². The fraction of sp³-hybridized carbons (Fsp3) is 0.471. The van der Waals surface area contributed by atoms with Crippen LogP contribution in [0, 0.1) is 0 Å². The number of nitrogens with one attached hydrogen (secondary N) is 1. The molecule has 5 nitrogen and oxygen atoms in total. The first-order valence-electron chi connectivity index (χ1n) is 7.75. The summed E-state index contributed by atoms with van der Waals surface area (Å²) in [7, 11) is 0. The first-order chi connectivity index (χ1) is 11.2. The third-order valence-corrected chi connectivity index (χ3v) is 6.61. The molecular weight excluding hydrogens is 344 g/mol. The Hall–Kier alpha value is -1.47. The smallest absolute Gasteiger partial charge is 0.252 e. The lowest BCUT2D eigenvalue weighted by molar-refractivity contribution is -0.161. The zero-order chi connectivity index (χ0) is 17.7. The van der Waals surface area contributed by atoms with Crippen molar-refractivity contribution in [2.24, 2.45) is 0 Å². The van der Waals surface area contributed by atoms with Crippen LogP contribution in [0.15, 0.2) is 30.3 Å². The second-order valence-electron chi connectivity index (χ2n) is 6.94. The van der Waals surface area contributed by atoms with E-state index in [9.17, 15) is 14.4 Å². The number of β-lactam (4-membered cyclic amide) rings is 1. The van der Waals surface area contributed by atoms with Gasteiger partial charge in [-0.3, -0.25) is 14.4 Å². The van der Waals surface area contributed by atoms with Crippen molar-refractivity contribution in [1.82, 2.24) is 10.2 Å². The predicted octanol–water partition coefficient (Wildman–Crippen LogP) is 1.62. The number of carbonyl (C=O) groups excluding carboxylic acids is 3. The Morgan fingerprint density at radius 2 is 1.88 bits per heavy atom.